The van der Waals surface area contributed by atoms with Gasteiger partial charge in [0, 0.05) is 152 Å². The highest BCUT2D eigenvalue weighted by Crippen LogP contribution is 2.35. The summed E-state index contributed by atoms with van der Waals surface area (Å²) in [6.07, 6.45) is 32.3. The Morgan fingerprint density at radius 1 is 0.541 bits per heavy atom. The molecule has 0 bridgehead atoms. The number of aromatic nitrogens is 15. The predicted octanol–water partition coefficient (Wildman–Crippen LogP) is 13.0. The van der Waals surface area contributed by atoms with Gasteiger partial charge in [-0.25, -0.2) is 38.6 Å². The number of rotatable bonds is 21. The van der Waals surface area contributed by atoms with E-state index in [0.717, 1.165) is 158 Å². The van der Waals surface area contributed by atoms with Crippen LogP contribution in [0.1, 0.15) is 162 Å². The van der Waals surface area contributed by atoms with Crippen LogP contribution in [0.2, 0.25) is 0 Å². The number of aryl methyl sites for hydroxylation is 4. The summed E-state index contributed by atoms with van der Waals surface area (Å²) in [5, 5.41) is 37.3. The first kappa shape index (κ1) is 82.5. The SMILES string of the molecule is C=C(OC)c1ccc2ncc(-n3cnc(-c4cc(C(=O)NC5CC5)ccc4C)c3)n2c1.C=S(=O)(N1CCn2ncc(-n3cc(-c4cc(C(=O)NC5CC5)ccc4C)cn3)c2C1)C(C)(C)C.Cc1ccc(C(=O)NC2CC2)cc1-c1cn(-c2cnc3ccc(C(=O)N(C)C)cn23)cn1.Cc1ccc(C(=O)NC2CC2)cc1-c1cnn(-c2csc(CO)n2)c1. The number of carbonyl (C=O) groups is 5. The molecule has 4 fully saturated rings. The zero-order valence-electron chi connectivity index (χ0n) is 69.8. The summed E-state index contributed by atoms with van der Waals surface area (Å²) >= 11 is 1.40. The van der Waals surface area contributed by atoms with Gasteiger partial charge in [-0.1, -0.05) is 30.8 Å². The number of nitrogens with zero attached hydrogens (tertiary/aromatic N) is 17. The Morgan fingerprint density at radius 3 is 1.40 bits per heavy atom. The van der Waals surface area contributed by atoms with E-state index in [-0.39, 0.29) is 36.1 Å². The summed E-state index contributed by atoms with van der Waals surface area (Å²) in [4.78, 5) is 86.2. The van der Waals surface area contributed by atoms with Gasteiger partial charge in [0.05, 0.1) is 80.4 Å². The van der Waals surface area contributed by atoms with Crippen LogP contribution >= 0.6 is 11.3 Å². The molecule has 0 saturated heterocycles. The maximum Gasteiger partial charge on any atom is 0.254 e. The normalized spacial score (nSPS) is 14.8. The number of pyridine rings is 2. The van der Waals surface area contributed by atoms with Crippen LogP contribution in [0.5, 0.6) is 0 Å². The van der Waals surface area contributed by atoms with E-state index in [2.05, 4.69) is 73.9 Å². The Bertz CT molecular complexity index is 6480. The van der Waals surface area contributed by atoms with Gasteiger partial charge >= 0.3 is 0 Å². The zero-order chi connectivity index (χ0) is 85.6. The number of hydrogen-bond donors (Lipinski definition) is 5. The van der Waals surface area contributed by atoms with Crippen molar-refractivity contribution in [2.75, 3.05) is 27.7 Å². The molecule has 1 unspecified atom stereocenters. The van der Waals surface area contributed by atoms with Crippen molar-refractivity contribution in [2.45, 2.75) is 148 Å². The number of ether oxygens (including phenoxy) is 1. The van der Waals surface area contributed by atoms with Crippen molar-refractivity contribution in [1.82, 2.24) is 103 Å². The number of hydrogen-bond acceptors (Lipinski definition) is 17. The van der Waals surface area contributed by atoms with Crippen LogP contribution in [0.15, 0.2) is 190 Å². The standard InChI is InChI=1S/C25H32N6O2S.C24H24N6O2.C24H23N5O2.C18H18N4O2S/c1-17-6-7-18(24(32)28-20-8-9-20)12-21(17)19-13-26-31(15-19)22-14-27-30-11-10-29(16-23(22)30)34(5,33)25(2,3)4;1-15-4-5-16(23(31)27-18-7-8-18)10-19(15)20-13-29(14-26-20)22-11-25-21-9-6-17(12-30(21)22)24(32)28(2)3;1-15-4-5-17(24(30)27-19-7-8-19)10-20(15)21-13-28(14-26-21)23-11-25-22-9-6-18(12-29(22)23)16(2)31-3;1-11-2-3-12(18(24)20-14-4-5-14)6-15(11)13-7-19-22(8-13)16-10-25-17(9-23)21-16/h6-7,12-15,20H,5,8-11,16H2,1-4H3,(H,28,32);4-6,9-14,18H,7-8H2,1-3H3,(H,27,31);4-6,9-14,19H,2,7-8H2,1,3H3,(H,27,30);2-3,6-8,10,14,23H,4-5,9H2,1H3,(H,20,24). The zero-order valence-corrected chi connectivity index (χ0v) is 71.4. The lowest BCUT2D eigenvalue weighted by atomic mass is 10.0. The van der Waals surface area contributed by atoms with Crippen LogP contribution in [0.25, 0.3) is 85.0 Å². The van der Waals surface area contributed by atoms with Crippen LogP contribution in [0.3, 0.4) is 0 Å². The maximum absolute atomic E-state index is 13.5. The van der Waals surface area contributed by atoms with E-state index < -0.39 is 14.5 Å². The summed E-state index contributed by atoms with van der Waals surface area (Å²) in [5.41, 5.74) is 18.9. The monoisotopic (exact) mass is 1680 g/mol. The number of aliphatic hydroxyl groups excluding tert-OH is 1. The van der Waals surface area contributed by atoms with Gasteiger partial charge in [0.25, 0.3) is 29.5 Å². The number of thiazole rings is 1. The van der Waals surface area contributed by atoms with E-state index in [4.69, 9.17) is 9.84 Å². The summed E-state index contributed by atoms with van der Waals surface area (Å²) in [6.45, 7) is 19.6. The number of methoxy groups -OCH3 is 1. The summed E-state index contributed by atoms with van der Waals surface area (Å²) in [5.74, 6) is 6.77. The molecule has 5 amide bonds. The Balaban J connectivity index is 0.000000121. The van der Waals surface area contributed by atoms with E-state index in [1.807, 2.05) is 220 Å². The molecule has 4 aromatic carbocycles. The van der Waals surface area contributed by atoms with Crippen LogP contribution in [0, 0.1) is 27.7 Å². The Hall–Kier alpha value is -13.2. The number of carbonyl (C=O) groups excluding carboxylic acids is 5. The van der Waals surface area contributed by atoms with Crippen LogP contribution in [0.4, 0.5) is 0 Å². The lowest BCUT2D eigenvalue weighted by molar-refractivity contribution is 0.0825. The van der Waals surface area contributed by atoms with E-state index in [0.29, 0.717) is 88.2 Å². The average Bonchev–Trinajstić information content (AvgIpc) is 1.67. The van der Waals surface area contributed by atoms with E-state index in [9.17, 15) is 28.2 Å². The molecule has 11 heterocycles. The molecule has 1 aliphatic heterocycles. The number of imidazole rings is 4. The molecule has 0 spiro atoms. The van der Waals surface area contributed by atoms with Crippen molar-refractivity contribution in [2.24, 2.45) is 0 Å². The second kappa shape index (κ2) is 34.1. The van der Waals surface area contributed by atoms with Crippen molar-refractivity contribution < 1.29 is 38.0 Å². The largest absolute Gasteiger partial charge is 0.497 e. The average molecular weight is 1680 g/mol. The first-order chi connectivity index (χ1) is 58.6. The minimum Gasteiger partial charge on any atom is -0.497 e. The third kappa shape index (κ3) is 18.1. The molecule has 5 N–H and O–H groups in total. The van der Waals surface area contributed by atoms with E-state index >= 15 is 0 Å². The van der Waals surface area contributed by atoms with Crippen LogP contribution in [-0.4, -0.2) is 183 Å². The molecule has 122 heavy (non-hydrogen) atoms. The molecule has 4 aliphatic carbocycles. The molecule has 0 radical (unpaired) electrons. The molecular weight excluding hydrogens is 1580 g/mol. The number of nitrogens with one attached hydrogen (secondary N) is 4. The van der Waals surface area contributed by atoms with Crippen LogP contribution in [-0.2, 0) is 34.1 Å². The van der Waals surface area contributed by atoms with Gasteiger partial charge in [-0.3, -0.25) is 50.8 Å². The van der Waals surface area contributed by atoms with E-state index in [1.54, 1.807) is 74.3 Å². The first-order valence-electron chi connectivity index (χ1n) is 40.6. The van der Waals surface area contributed by atoms with Gasteiger partial charge in [-0.05, 0) is 212 Å². The van der Waals surface area contributed by atoms with Gasteiger partial charge in [0.15, 0.2) is 5.82 Å². The maximum atomic E-state index is 13.5. The van der Waals surface area contributed by atoms with Crippen molar-refractivity contribution >= 4 is 73.5 Å². The third-order valence-electron chi connectivity index (χ3n) is 22.2. The smallest absolute Gasteiger partial charge is 0.254 e. The summed E-state index contributed by atoms with van der Waals surface area (Å²) in [7, 11) is 2.60. The molecule has 1 atom stereocenters. The Morgan fingerprint density at radius 2 is 0.967 bits per heavy atom. The molecule has 19 rings (SSSR count). The quantitative estimate of drug-likeness (QED) is 0.0330. The molecule has 31 heteroatoms. The highest BCUT2D eigenvalue weighted by molar-refractivity contribution is 7.99. The number of amides is 5. The number of benzene rings is 4. The first-order valence-corrected chi connectivity index (χ1v) is 43.2. The summed E-state index contributed by atoms with van der Waals surface area (Å²) < 4.78 is 33.4. The van der Waals surface area contributed by atoms with Gasteiger partial charge in [0.2, 0.25) is 0 Å². The molecule has 10 aromatic heterocycles. The fourth-order valence-corrected chi connectivity index (χ4v) is 16.2. The third-order valence-corrected chi connectivity index (χ3v) is 26.1. The number of fused-ring (bicyclic) bond motifs is 3. The molecule has 5 aliphatic rings. The van der Waals surface area contributed by atoms with Gasteiger partial charge in [-0.15, -0.1) is 11.3 Å². The molecule has 29 nitrogen and oxygen atoms in total. The fraction of sp³-hybridized carbons (Fsp3) is 0.297. The molecule has 626 valence electrons. The van der Waals surface area contributed by atoms with Crippen molar-refractivity contribution in [3.05, 3.63) is 256 Å². The predicted molar refractivity (Wildman–Crippen MR) is 471 cm³/mol. The van der Waals surface area contributed by atoms with Crippen LogP contribution < -0.4 is 21.3 Å². The highest BCUT2D eigenvalue weighted by Gasteiger charge is 2.35. The second-order valence-corrected chi connectivity index (χ2v) is 36.7. The topological polar surface area (TPSA) is 323 Å². The fourth-order valence-electron chi connectivity index (χ4n) is 14.1. The Labute approximate surface area is 710 Å². The minimum absolute atomic E-state index is 0.0248. The van der Waals surface area contributed by atoms with E-state index in [1.165, 1.54) is 11.3 Å². The Kier molecular flexibility index (Phi) is 23.1. The number of aliphatic hydroxyl groups is 1. The second-order valence-electron chi connectivity index (χ2n) is 32.7. The minimum atomic E-state index is -2.46. The van der Waals surface area contributed by atoms with Crippen molar-refractivity contribution in [3.8, 4) is 67.9 Å². The van der Waals surface area contributed by atoms with Gasteiger partial charge in [-0.2, -0.15) is 15.3 Å². The van der Waals surface area contributed by atoms with Crippen molar-refractivity contribution in [1.29, 1.82) is 0 Å². The lowest BCUT2D eigenvalue weighted by Gasteiger charge is -2.37. The molecule has 4 saturated carbocycles. The lowest BCUT2D eigenvalue weighted by Crippen LogP contribution is -2.46. The molecule has 14 aromatic rings. The van der Waals surface area contributed by atoms with Gasteiger partial charge in [0.1, 0.15) is 52.0 Å². The van der Waals surface area contributed by atoms with Crippen molar-refractivity contribution in [3.63, 3.8) is 0 Å². The molecular formula is C91H97N21O8S2. The summed E-state index contributed by atoms with van der Waals surface area (Å²) in [6, 6.07) is 31.7. The van der Waals surface area contributed by atoms with Gasteiger partial charge < -0.3 is 36.0 Å². The highest BCUT2D eigenvalue weighted by atomic mass is 32.2.